The number of benzene rings is 1. The summed E-state index contributed by atoms with van der Waals surface area (Å²) < 4.78 is 32.5. The fourth-order valence-corrected chi connectivity index (χ4v) is 4.96. The van der Waals surface area contributed by atoms with E-state index in [-0.39, 0.29) is 16.9 Å². The third kappa shape index (κ3) is 4.96. The third-order valence-electron chi connectivity index (χ3n) is 5.17. The van der Waals surface area contributed by atoms with Crippen LogP contribution >= 0.6 is 0 Å². The molecule has 2 heterocycles. The van der Waals surface area contributed by atoms with E-state index < -0.39 is 10.0 Å². The van der Waals surface area contributed by atoms with Crippen LogP contribution in [0.15, 0.2) is 41.3 Å². The van der Waals surface area contributed by atoms with Crippen LogP contribution in [0.2, 0.25) is 0 Å². The van der Waals surface area contributed by atoms with Crippen LogP contribution in [-0.4, -0.2) is 66.0 Å². The van der Waals surface area contributed by atoms with Gasteiger partial charge in [0, 0.05) is 31.3 Å². The molecule has 1 aliphatic heterocycles. The van der Waals surface area contributed by atoms with E-state index in [0.717, 1.165) is 18.5 Å². The number of sulfonamides is 1. The molecule has 1 atom stereocenters. The summed E-state index contributed by atoms with van der Waals surface area (Å²) in [5.41, 5.74) is 1.28. The Morgan fingerprint density at radius 2 is 1.83 bits per heavy atom. The molecule has 0 radical (unpaired) electrons. The van der Waals surface area contributed by atoms with E-state index in [1.807, 2.05) is 13.0 Å². The highest BCUT2D eigenvalue weighted by Crippen LogP contribution is 2.20. The summed E-state index contributed by atoms with van der Waals surface area (Å²) in [6.45, 7) is 7.36. The lowest BCUT2D eigenvalue weighted by molar-refractivity contribution is 0.0525. The van der Waals surface area contributed by atoms with Crippen molar-refractivity contribution in [2.45, 2.75) is 44.6 Å². The number of rotatable bonds is 7. The smallest absolute Gasteiger partial charge is 0.253 e. The fraction of sp³-hybridized carbons (Fsp3) is 0.476. The van der Waals surface area contributed by atoms with E-state index in [4.69, 9.17) is 4.74 Å². The maximum atomic E-state index is 12.9. The van der Waals surface area contributed by atoms with Crippen molar-refractivity contribution in [3.8, 4) is 5.88 Å². The van der Waals surface area contributed by atoms with Gasteiger partial charge in [-0.3, -0.25) is 4.79 Å². The Morgan fingerprint density at radius 1 is 1.13 bits per heavy atom. The van der Waals surface area contributed by atoms with Crippen molar-refractivity contribution in [3.05, 3.63) is 47.7 Å². The van der Waals surface area contributed by atoms with Crippen LogP contribution in [0, 0.1) is 6.92 Å². The van der Waals surface area contributed by atoms with Gasteiger partial charge in [0.25, 0.3) is 5.91 Å². The molecular formula is C21H28N4O4S. The van der Waals surface area contributed by atoms with E-state index in [1.165, 1.54) is 16.4 Å². The lowest BCUT2D eigenvalue weighted by Crippen LogP contribution is -2.44. The molecule has 0 saturated carbocycles. The molecule has 1 amide bonds. The lowest BCUT2D eigenvalue weighted by Gasteiger charge is -2.32. The zero-order chi connectivity index (χ0) is 21.7. The molecule has 0 spiro atoms. The largest absolute Gasteiger partial charge is 0.471 e. The molecule has 2 aromatic rings. The number of nitrogens with zero attached hydrogens (tertiary/aromatic N) is 4. The van der Waals surface area contributed by atoms with Gasteiger partial charge in [-0.1, -0.05) is 13.8 Å². The maximum absolute atomic E-state index is 12.9. The number of hydrogen-bond donors (Lipinski definition) is 0. The summed E-state index contributed by atoms with van der Waals surface area (Å²) in [5.74, 6) is 0.316. The average molecular weight is 433 g/mol. The minimum atomic E-state index is -3.54. The van der Waals surface area contributed by atoms with Gasteiger partial charge in [0.2, 0.25) is 15.9 Å². The van der Waals surface area contributed by atoms with E-state index in [0.29, 0.717) is 37.6 Å². The van der Waals surface area contributed by atoms with E-state index in [1.54, 1.807) is 36.9 Å². The molecule has 30 heavy (non-hydrogen) atoms. The number of likely N-dealkylation sites (tertiary alicyclic amines) is 1. The van der Waals surface area contributed by atoms with Gasteiger partial charge in [-0.05, 0) is 50.1 Å². The number of carbonyl (C=O) groups is 1. The molecule has 1 saturated heterocycles. The van der Waals surface area contributed by atoms with Crippen LogP contribution in [0.1, 0.15) is 42.7 Å². The Kier molecular flexibility index (Phi) is 7.04. The Labute approximate surface area is 177 Å². The third-order valence-corrected chi connectivity index (χ3v) is 7.23. The number of carbonyl (C=O) groups excluding carboxylic acids is 1. The van der Waals surface area contributed by atoms with Gasteiger partial charge in [0.1, 0.15) is 6.10 Å². The highest BCUT2D eigenvalue weighted by molar-refractivity contribution is 7.89. The standard InChI is InChI=1S/C21H28N4O4S/c1-4-25(5-2)30(27,28)19-11-9-17(10-12-19)21(26)24-14-6-7-18(15-24)29-20-13-8-16(3)22-23-20/h8-13,18H,4-7,14-15H2,1-3H3. The Bertz CT molecular complexity index is 958. The number of hydrogen-bond acceptors (Lipinski definition) is 6. The molecule has 162 valence electrons. The summed E-state index contributed by atoms with van der Waals surface area (Å²) in [5, 5.41) is 8.02. The van der Waals surface area contributed by atoms with Crippen molar-refractivity contribution in [1.82, 2.24) is 19.4 Å². The van der Waals surface area contributed by atoms with Crippen molar-refractivity contribution >= 4 is 15.9 Å². The van der Waals surface area contributed by atoms with Crippen LogP contribution < -0.4 is 4.74 Å². The molecule has 1 aromatic carbocycles. The predicted octanol–water partition coefficient (Wildman–Crippen LogP) is 2.50. The number of aromatic nitrogens is 2. The van der Waals surface area contributed by atoms with Crippen molar-refractivity contribution in [2.24, 2.45) is 0 Å². The Hall–Kier alpha value is -2.52. The van der Waals surface area contributed by atoms with Crippen LogP contribution in [0.4, 0.5) is 0 Å². The SMILES string of the molecule is CCN(CC)S(=O)(=O)c1ccc(C(=O)N2CCCC(Oc3ccc(C)nn3)C2)cc1. The first-order valence-electron chi connectivity index (χ1n) is 10.2. The molecule has 0 N–H and O–H groups in total. The van der Waals surface area contributed by atoms with Crippen molar-refractivity contribution in [1.29, 1.82) is 0 Å². The molecule has 1 aliphatic rings. The predicted molar refractivity (Wildman–Crippen MR) is 113 cm³/mol. The minimum Gasteiger partial charge on any atom is -0.471 e. The maximum Gasteiger partial charge on any atom is 0.253 e. The summed E-state index contributed by atoms with van der Waals surface area (Å²) in [7, 11) is -3.54. The minimum absolute atomic E-state index is 0.134. The van der Waals surface area contributed by atoms with Gasteiger partial charge < -0.3 is 9.64 Å². The Balaban J connectivity index is 1.67. The average Bonchev–Trinajstić information content (AvgIpc) is 2.76. The lowest BCUT2D eigenvalue weighted by atomic mass is 10.1. The molecule has 1 unspecified atom stereocenters. The van der Waals surface area contributed by atoms with Gasteiger partial charge in [-0.25, -0.2) is 8.42 Å². The zero-order valence-corrected chi connectivity index (χ0v) is 18.4. The highest BCUT2D eigenvalue weighted by atomic mass is 32.2. The molecule has 9 heteroatoms. The first-order valence-corrected chi connectivity index (χ1v) is 11.7. The highest BCUT2D eigenvalue weighted by Gasteiger charge is 2.27. The van der Waals surface area contributed by atoms with Gasteiger partial charge >= 0.3 is 0 Å². The van der Waals surface area contributed by atoms with Crippen LogP contribution in [0.5, 0.6) is 5.88 Å². The summed E-state index contributed by atoms with van der Waals surface area (Å²) in [6.07, 6.45) is 1.51. The summed E-state index contributed by atoms with van der Waals surface area (Å²) in [4.78, 5) is 14.9. The van der Waals surface area contributed by atoms with Gasteiger partial charge in [-0.15, -0.1) is 5.10 Å². The molecule has 1 fully saturated rings. The normalized spacial score (nSPS) is 17.2. The Morgan fingerprint density at radius 3 is 2.43 bits per heavy atom. The van der Waals surface area contributed by atoms with Crippen LogP contribution in [0.3, 0.4) is 0 Å². The summed E-state index contributed by atoms with van der Waals surface area (Å²) >= 11 is 0. The zero-order valence-electron chi connectivity index (χ0n) is 17.6. The second kappa shape index (κ2) is 9.53. The number of piperidine rings is 1. The topological polar surface area (TPSA) is 92.7 Å². The molecule has 3 rings (SSSR count). The molecule has 0 aliphatic carbocycles. The van der Waals surface area contributed by atoms with Gasteiger partial charge in [-0.2, -0.15) is 9.40 Å². The molecular weight excluding hydrogens is 404 g/mol. The van der Waals surface area contributed by atoms with Crippen LogP contribution in [0.25, 0.3) is 0 Å². The molecule has 8 nitrogen and oxygen atoms in total. The summed E-state index contributed by atoms with van der Waals surface area (Å²) in [6, 6.07) is 9.77. The quantitative estimate of drug-likeness (QED) is 0.667. The second-order valence-corrected chi connectivity index (χ2v) is 9.20. The first kappa shape index (κ1) is 22.2. The number of amides is 1. The first-order chi connectivity index (χ1) is 14.3. The van der Waals surface area contributed by atoms with E-state index in [2.05, 4.69) is 10.2 Å². The van der Waals surface area contributed by atoms with Crippen molar-refractivity contribution < 1.29 is 17.9 Å². The monoisotopic (exact) mass is 432 g/mol. The van der Waals surface area contributed by atoms with Crippen molar-refractivity contribution in [3.63, 3.8) is 0 Å². The number of aryl methyl sites for hydroxylation is 1. The van der Waals surface area contributed by atoms with E-state index in [9.17, 15) is 13.2 Å². The molecule has 0 bridgehead atoms. The van der Waals surface area contributed by atoms with Crippen molar-refractivity contribution in [2.75, 3.05) is 26.2 Å². The van der Waals surface area contributed by atoms with Crippen LogP contribution in [-0.2, 0) is 10.0 Å². The number of ether oxygens (including phenoxy) is 1. The van der Waals surface area contributed by atoms with Gasteiger partial charge in [0.15, 0.2) is 0 Å². The van der Waals surface area contributed by atoms with E-state index >= 15 is 0 Å². The molecule has 1 aromatic heterocycles. The van der Waals surface area contributed by atoms with Gasteiger partial charge in [0.05, 0.1) is 17.1 Å². The second-order valence-electron chi connectivity index (χ2n) is 7.26. The fourth-order valence-electron chi connectivity index (χ4n) is 3.50.